The van der Waals surface area contributed by atoms with Crippen LogP contribution in [-0.4, -0.2) is 37.5 Å². The van der Waals surface area contributed by atoms with Crippen LogP contribution in [-0.2, 0) is 4.79 Å². The average molecular weight is 247 g/mol. The molecule has 0 bridgehead atoms. The molecule has 0 aromatic carbocycles. The summed E-state index contributed by atoms with van der Waals surface area (Å²) < 4.78 is 0. The third-order valence-electron chi connectivity index (χ3n) is 2.73. The summed E-state index contributed by atoms with van der Waals surface area (Å²) in [7, 11) is 1.87. The van der Waals surface area contributed by atoms with Crippen molar-refractivity contribution in [1.29, 1.82) is 0 Å². The molecular formula is C12H23ClN2O. The van der Waals surface area contributed by atoms with Crippen molar-refractivity contribution in [2.45, 2.75) is 25.7 Å². The summed E-state index contributed by atoms with van der Waals surface area (Å²) in [5.74, 6) is 1.03. The fraction of sp³-hybridized carbons (Fsp3) is 0.750. The fourth-order valence-electron chi connectivity index (χ4n) is 1.44. The number of amides is 1. The summed E-state index contributed by atoms with van der Waals surface area (Å²) in [6, 6.07) is 0. The zero-order valence-electron chi connectivity index (χ0n) is 10.1. The van der Waals surface area contributed by atoms with Crippen molar-refractivity contribution in [2.24, 2.45) is 5.92 Å². The molecule has 1 rings (SSSR count). The number of likely N-dealkylation sites (N-methyl/N-ethyl adjacent to an activating group) is 1. The average Bonchev–Trinajstić information content (AvgIpc) is 3.02. The Labute approximate surface area is 105 Å². The Morgan fingerprint density at radius 2 is 2.25 bits per heavy atom. The molecule has 4 heteroatoms. The number of hydrogen-bond acceptors (Lipinski definition) is 2. The maximum atomic E-state index is 11.6. The molecule has 0 heterocycles. The zero-order valence-corrected chi connectivity index (χ0v) is 10.9. The van der Waals surface area contributed by atoms with Crippen LogP contribution in [0.3, 0.4) is 0 Å². The van der Waals surface area contributed by atoms with E-state index in [-0.39, 0.29) is 18.3 Å². The number of carbonyl (C=O) groups excluding carboxylic acids is 1. The third kappa shape index (κ3) is 6.85. The number of rotatable bonds is 8. The summed E-state index contributed by atoms with van der Waals surface area (Å²) in [6.07, 6.45) is 6.54. The normalized spacial score (nSPS) is 14.1. The lowest BCUT2D eigenvalue weighted by atomic mass is 10.3. The van der Waals surface area contributed by atoms with Gasteiger partial charge in [-0.1, -0.05) is 6.08 Å². The highest BCUT2D eigenvalue weighted by atomic mass is 35.5. The summed E-state index contributed by atoms with van der Waals surface area (Å²) in [6.45, 7) is 5.99. The van der Waals surface area contributed by atoms with Crippen LogP contribution < -0.4 is 5.32 Å². The van der Waals surface area contributed by atoms with Crippen LogP contribution in [0.4, 0.5) is 0 Å². The Balaban J connectivity index is 0.00000225. The van der Waals surface area contributed by atoms with Crippen molar-refractivity contribution in [1.82, 2.24) is 10.2 Å². The van der Waals surface area contributed by atoms with E-state index in [9.17, 15) is 4.79 Å². The van der Waals surface area contributed by atoms with Gasteiger partial charge < -0.3 is 10.2 Å². The van der Waals surface area contributed by atoms with Crippen molar-refractivity contribution >= 4 is 18.3 Å². The molecule has 1 aliphatic carbocycles. The fourth-order valence-corrected chi connectivity index (χ4v) is 1.44. The van der Waals surface area contributed by atoms with Crippen LogP contribution in [0, 0.1) is 5.92 Å². The maximum absolute atomic E-state index is 11.6. The minimum Gasteiger partial charge on any atom is -0.345 e. The van der Waals surface area contributed by atoms with Crippen LogP contribution in [0.5, 0.6) is 0 Å². The molecule has 0 spiro atoms. The van der Waals surface area contributed by atoms with Gasteiger partial charge in [-0.15, -0.1) is 19.0 Å². The molecule has 1 amide bonds. The van der Waals surface area contributed by atoms with Gasteiger partial charge in [0.2, 0.25) is 5.91 Å². The SMILES string of the molecule is C=CCCCN(C)C(=O)CNCC1CC1.Cl. The summed E-state index contributed by atoms with van der Waals surface area (Å²) in [5, 5.41) is 3.21. The highest BCUT2D eigenvalue weighted by molar-refractivity contribution is 5.85. The highest BCUT2D eigenvalue weighted by Crippen LogP contribution is 2.27. The van der Waals surface area contributed by atoms with E-state index in [1.54, 1.807) is 4.90 Å². The lowest BCUT2D eigenvalue weighted by Crippen LogP contribution is -2.36. The van der Waals surface area contributed by atoms with Crippen molar-refractivity contribution in [3.8, 4) is 0 Å². The van der Waals surface area contributed by atoms with Gasteiger partial charge in [-0.25, -0.2) is 0 Å². The molecule has 0 unspecified atom stereocenters. The molecule has 0 saturated heterocycles. The van der Waals surface area contributed by atoms with Gasteiger partial charge >= 0.3 is 0 Å². The minimum absolute atomic E-state index is 0. The summed E-state index contributed by atoms with van der Waals surface area (Å²) in [4.78, 5) is 13.4. The quantitative estimate of drug-likeness (QED) is 0.524. The van der Waals surface area contributed by atoms with Gasteiger partial charge in [0.15, 0.2) is 0 Å². The Bertz CT molecular complexity index is 217. The lowest BCUT2D eigenvalue weighted by Gasteiger charge is -2.16. The van der Waals surface area contributed by atoms with E-state index in [1.807, 2.05) is 13.1 Å². The predicted molar refractivity (Wildman–Crippen MR) is 69.9 cm³/mol. The lowest BCUT2D eigenvalue weighted by molar-refractivity contribution is -0.129. The van der Waals surface area contributed by atoms with Crippen LogP contribution in [0.15, 0.2) is 12.7 Å². The van der Waals surface area contributed by atoms with Crippen LogP contribution in [0.1, 0.15) is 25.7 Å². The first kappa shape index (κ1) is 15.5. The molecule has 0 aromatic heterocycles. The van der Waals surface area contributed by atoms with Crippen molar-refractivity contribution < 1.29 is 4.79 Å². The summed E-state index contributed by atoms with van der Waals surface area (Å²) >= 11 is 0. The molecule has 16 heavy (non-hydrogen) atoms. The van der Waals surface area contributed by atoms with Gasteiger partial charge in [0.25, 0.3) is 0 Å². The van der Waals surface area contributed by atoms with Crippen molar-refractivity contribution in [3.05, 3.63) is 12.7 Å². The van der Waals surface area contributed by atoms with Crippen molar-refractivity contribution in [2.75, 3.05) is 26.7 Å². The Morgan fingerprint density at radius 3 is 2.81 bits per heavy atom. The first-order valence-electron chi connectivity index (χ1n) is 5.79. The van der Waals surface area contributed by atoms with E-state index in [0.29, 0.717) is 6.54 Å². The van der Waals surface area contributed by atoms with Crippen molar-refractivity contribution in [3.63, 3.8) is 0 Å². The van der Waals surface area contributed by atoms with E-state index >= 15 is 0 Å². The van der Waals surface area contributed by atoms with Crippen LogP contribution in [0.25, 0.3) is 0 Å². The van der Waals surface area contributed by atoms with Crippen LogP contribution >= 0.6 is 12.4 Å². The van der Waals surface area contributed by atoms with Gasteiger partial charge in [-0.05, 0) is 38.1 Å². The van der Waals surface area contributed by atoms with Gasteiger partial charge in [-0.3, -0.25) is 4.79 Å². The standard InChI is InChI=1S/C12H22N2O.ClH/c1-3-4-5-8-14(2)12(15)10-13-9-11-6-7-11;/h3,11,13H,1,4-10H2,2H3;1H. The number of nitrogens with one attached hydrogen (secondary N) is 1. The second-order valence-electron chi connectivity index (χ2n) is 4.32. The number of hydrogen-bond donors (Lipinski definition) is 1. The van der Waals surface area contributed by atoms with Gasteiger partial charge in [0.1, 0.15) is 0 Å². The monoisotopic (exact) mass is 246 g/mol. The maximum Gasteiger partial charge on any atom is 0.236 e. The smallest absolute Gasteiger partial charge is 0.236 e. The topological polar surface area (TPSA) is 32.3 Å². The zero-order chi connectivity index (χ0) is 11.1. The van der Waals surface area contributed by atoms with Gasteiger partial charge in [0.05, 0.1) is 6.54 Å². The number of unbranched alkanes of at least 4 members (excludes halogenated alkanes) is 1. The number of halogens is 1. The molecule has 0 atom stereocenters. The van der Waals surface area contributed by atoms with Gasteiger partial charge in [0, 0.05) is 13.6 Å². The molecule has 1 aliphatic rings. The highest BCUT2D eigenvalue weighted by Gasteiger charge is 2.20. The second kappa shape index (κ2) is 8.59. The molecule has 0 aromatic rings. The molecule has 0 aliphatic heterocycles. The second-order valence-corrected chi connectivity index (χ2v) is 4.32. The summed E-state index contributed by atoms with van der Waals surface area (Å²) in [5.41, 5.74) is 0. The van der Waals surface area contributed by atoms with E-state index in [0.717, 1.165) is 31.8 Å². The molecule has 1 N–H and O–H groups in total. The first-order valence-corrected chi connectivity index (χ1v) is 5.79. The predicted octanol–water partition coefficient (Wildman–Crippen LogP) is 1.83. The van der Waals surface area contributed by atoms with E-state index in [2.05, 4.69) is 11.9 Å². The third-order valence-corrected chi connectivity index (χ3v) is 2.73. The Morgan fingerprint density at radius 1 is 1.56 bits per heavy atom. The van der Waals surface area contributed by atoms with E-state index in [4.69, 9.17) is 0 Å². The molecule has 1 fully saturated rings. The van der Waals surface area contributed by atoms with Gasteiger partial charge in [-0.2, -0.15) is 0 Å². The number of allylic oxidation sites excluding steroid dienone is 1. The van der Waals surface area contributed by atoms with Crippen LogP contribution in [0.2, 0.25) is 0 Å². The first-order chi connectivity index (χ1) is 7.24. The largest absolute Gasteiger partial charge is 0.345 e. The van der Waals surface area contributed by atoms with E-state index < -0.39 is 0 Å². The Kier molecular flexibility index (Phi) is 8.30. The minimum atomic E-state index is 0. The Hall–Kier alpha value is -0.540. The number of carbonyl (C=O) groups is 1. The molecule has 1 saturated carbocycles. The van der Waals surface area contributed by atoms with E-state index in [1.165, 1.54) is 12.8 Å². The molecular weight excluding hydrogens is 224 g/mol. The molecule has 0 radical (unpaired) electrons. The number of nitrogens with zero attached hydrogens (tertiary/aromatic N) is 1. The molecule has 94 valence electrons. The molecule has 3 nitrogen and oxygen atoms in total.